The summed E-state index contributed by atoms with van der Waals surface area (Å²) < 4.78 is 5.03. The number of carbonyl (C=O) groups is 1. The normalized spacial score (nSPS) is 33.2. The maximum Gasteiger partial charge on any atom is 0.305 e. The summed E-state index contributed by atoms with van der Waals surface area (Å²) in [6, 6.07) is 10.5. The van der Waals surface area contributed by atoms with Crippen LogP contribution in [0, 0.1) is 16.7 Å². The van der Waals surface area contributed by atoms with Crippen LogP contribution in [0.3, 0.4) is 0 Å². The van der Waals surface area contributed by atoms with E-state index in [1.807, 2.05) is 6.07 Å². The largest absolute Gasteiger partial charge is 0.469 e. The third-order valence-corrected chi connectivity index (χ3v) is 7.39. The minimum absolute atomic E-state index is 0.0407. The molecule has 0 aromatic heterocycles. The van der Waals surface area contributed by atoms with Crippen molar-refractivity contribution in [3.8, 4) is 0 Å². The van der Waals surface area contributed by atoms with E-state index in [9.17, 15) is 9.90 Å². The third kappa shape index (κ3) is 3.59. The van der Waals surface area contributed by atoms with Crippen molar-refractivity contribution < 1.29 is 14.6 Å². The molecule has 2 aliphatic carbocycles. The fourth-order valence-corrected chi connectivity index (χ4v) is 6.07. The van der Waals surface area contributed by atoms with Crippen molar-refractivity contribution in [2.75, 3.05) is 7.11 Å². The van der Waals surface area contributed by atoms with Crippen molar-refractivity contribution in [1.29, 1.82) is 0 Å². The molecule has 1 aromatic rings. The van der Waals surface area contributed by atoms with Crippen LogP contribution < -0.4 is 0 Å². The molecule has 4 atom stereocenters. The Morgan fingerprint density at radius 1 is 1.19 bits per heavy atom. The number of methoxy groups -OCH3 is 1. The van der Waals surface area contributed by atoms with E-state index in [-0.39, 0.29) is 28.6 Å². The molecule has 0 saturated heterocycles. The van der Waals surface area contributed by atoms with Crippen LogP contribution in [-0.2, 0) is 9.53 Å². The van der Waals surface area contributed by atoms with Crippen molar-refractivity contribution in [3.63, 3.8) is 0 Å². The Hall–Kier alpha value is -1.61. The second kappa shape index (κ2) is 7.43. The number of rotatable bonds is 4. The zero-order valence-electron chi connectivity index (χ0n) is 17.4. The summed E-state index contributed by atoms with van der Waals surface area (Å²) in [5.41, 5.74) is 3.61. The lowest BCUT2D eigenvalue weighted by Crippen LogP contribution is -2.46. The van der Waals surface area contributed by atoms with E-state index < -0.39 is 6.10 Å². The lowest BCUT2D eigenvalue weighted by molar-refractivity contribution is -0.145. The van der Waals surface area contributed by atoms with Crippen LogP contribution in [0.25, 0.3) is 0 Å². The molecule has 1 N–H and O–H groups in total. The van der Waals surface area contributed by atoms with E-state index >= 15 is 0 Å². The number of ether oxygens (including phenoxy) is 1. The maximum atomic E-state index is 12.2. The van der Waals surface area contributed by atoms with E-state index in [0.717, 1.165) is 25.7 Å². The third-order valence-electron chi connectivity index (χ3n) is 7.39. The maximum absolute atomic E-state index is 12.2. The van der Waals surface area contributed by atoms with Gasteiger partial charge in [-0.2, -0.15) is 0 Å². The van der Waals surface area contributed by atoms with Crippen LogP contribution >= 0.6 is 0 Å². The molecule has 0 amide bonds. The summed E-state index contributed by atoms with van der Waals surface area (Å²) in [6.45, 7) is 9.00. The van der Waals surface area contributed by atoms with Gasteiger partial charge in [0.05, 0.1) is 13.2 Å². The average Bonchev–Trinajstić information content (AvgIpc) is 2.93. The zero-order chi connectivity index (χ0) is 19.8. The van der Waals surface area contributed by atoms with E-state index in [1.165, 1.54) is 23.8 Å². The molecule has 0 unspecified atom stereocenters. The van der Waals surface area contributed by atoms with Crippen LogP contribution in [0.4, 0.5) is 0 Å². The molecular formula is C24H34O3. The molecule has 0 spiro atoms. The van der Waals surface area contributed by atoms with Crippen molar-refractivity contribution >= 4 is 5.97 Å². The minimum Gasteiger partial charge on any atom is -0.469 e. The first kappa shape index (κ1) is 20.1. The Kier molecular flexibility index (Phi) is 5.54. The lowest BCUT2D eigenvalue weighted by atomic mass is 9.52. The summed E-state index contributed by atoms with van der Waals surface area (Å²) in [5.74, 6) is 0.281. The standard InChI is InChI=1S/C24H34O3/c1-16-18(17-10-7-6-8-11-17)14-19(25)22(16)24(4)13-9-12-23(2,3)20(24)15-21(26)27-5/h6-8,10-11,18-20,25H,9,12-15H2,1-5H3/t18-,19+,20-,24-/m1/s1. The summed E-state index contributed by atoms with van der Waals surface area (Å²) >= 11 is 0. The molecule has 0 radical (unpaired) electrons. The smallest absolute Gasteiger partial charge is 0.305 e. The second-order valence-electron chi connectivity index (χ2n) is 9.40. The van der Waals surface area contributed by atoms with Gasteiger partial charge in [-0.05, 0) is 54.1 Å². The first-order chi connectivity index (χ1) is 12.7. The molecule has 1 aromatic carbocycles. The van der Waals surface area contributed by atoms with Crippen molar-refractivity contribution in [2.24, 2.45) is 16.7 Å². The Morgan fingerprint density at radius 3 is 2.48 bits per heavy atom. The first-order valence-electron chi connectivity index (χ1n) is 10.2. The Bertz CT molecular complexity index is 718. The number of allylic oxidation sites excluding steroid dienone is 1. The molecule has 0 heterocycles. The van der Waals surface area contributed by atoms with Gasteiger partial charge in [0.15, 0.2) is 0 Å². The molecule has 148 valence electrons. The van der Waals surface area contributed by atoms with Gasteiger partial charge in [-0.1, -0.05) is 63.1 Å². The monoisotopic (exact) mass is 370 g/mol. The van der Waals surface area contributed by atoms with Gasteiger partial charge < -0.3 is 9.84 Å². The van der Waals surface area contributed by atoms with Gasteiger partial charge in [0.2, 0.25) is 0 Å². The van der Waals surface area contributed by atoms with Gasteiger partial charge in [-0.15, -0.1) is 0 Å². The molecule has 1 fully saturated rings. The number of aliphatic hydroxyl groups excluding tert-OH is 1. The van der Waals surface area contributed by atoms with E-state index in [1.54, 1.807) is 0 Å². The molecule has 0 aliphatic heterocycles. The Balaban J connectivity index is 2.04. The predicted molar refractivity (Wildman–Crippen MR) is 108 cm³/mol. The van der Waals surface area contributed by atoms with Gasteiger partial charge in [0.25, 0.3) is 0 Å². The van der Waals surface area contributed by atoms with Crippen LogP contribution in [0.2, 0.25) is 0 Å². The highest BCUT2D eigenvalue weighted by Gasteiger charge is 2.52. The summed E-state index contributed by atoms with van der Waals surface area (Å²) in [5, 5.41) is 11.1. The average molecular weight is 371 g/mol. The summed E-state index contributed by atoms with van der Waals surface area (Å²) in [4.78, 5) is 12.2. The van der Waals surface area contributed by atoms with Gasteiger partial charge in [-0.3, -0.25) is 4.79 Å². The Labute approximate surface area is 163 Å². The van der Waals surface area contributed by atoms with Crippen LogP contribution in [0.5, 0.6) is 0 Å². The van der Waals surface area contributed by atoms with Gasteiger partial charge in [0.1, 0.15) is 0 Å². The fraction of sp³-hybridized carbons (Fsp3) is 0.625. The lowest BCUT2D eigenvalue weighted by Gasteiger charge is -2.52. The summed E-state index contributed by atoms with van der Waals surface area (Å²) in [7, 11) is 1.47. The van der Waals surface area contributed by atoms with E-state index in [0.29, 0.717) is 6.42 Å². The molecule has 2 aliphatic rings. The highest BCUT2D eigenvalue weighted by molar-refractivity contribution is 5.70. The first-order valence-corrected chi connectivity index (χ1v) is 10.2. The topological polar surface area (TPSA) is 46.5 Å². The van der Waals surface area contributed by atoms with Gasteiger partial charge in [-0.25, -0.2) is 0 Å². The number of benzene rings is 1. The summed E-state index contributed by atoms with van der Waals surface area (Å²) in [6.07, 6.45) is 3.97. The van der Waals surface area contributed by atoms with Crippen LogP contribution in [0.15, 0.2) is 41.5 Å². The number of hydrogen-bond acceptors (Lipinski definition) is 3. The quantitative estimate of drug-likeness (QED) is 0.582. The van der Waals surface area contributed by atoms with Gasteiger partial charge >= 0.3 is 5.97 Å². The van der Waals surface area contributed by atoms with Crippen LogP contribution in [-0.4, -0.2) is 24.3 Å². The van der Waals surface area contributed by atoms with E-state index in [2.05, 4.69) is 52.0 Å². The zero-order valence-corrected chi connectivity index (χ0v) is 17.4. The van der Waals surface area contributed by atoms with Gasteiger partial charge in [0, 0.05) is 12.3 Å². The second-order valence-corrected chi connectivity index (χ2v) is 9.40. The van der Waals surface area contributed by atoms with Crippen molar-refractivity contribution in [2.45, 2.75) is 71.8 Å². The van der Waals surface area contributed by atoms with Crippen LogP contribution in [0.1, 0.15) is 71.3 Å². The fourth-order valence-electron chi connectivity index (χ4n) is 6.07. The number of aliphatic hydroxyl groups is 1. The molecule has 0 bridgehead atoms. The molecule has 27 heavy (non-hydrogen) atoms. The minimum atomic E-state index is -0.436. The molecule has 3 heteroatoms. The van der Waals surface area contributed by atoms with Crippen molar-refractivity contribution in [1.82, 2.24) is 0 Å². The number of hydrogen-bond donors (Lipinski definition) is 1. The molecule has 3 rings (SSSR count). The number of carbonyl (C=O) groups excluding carboxylic acids is 1. The van der Waals surface area contributed by atoms with Crippen molar-refractivity contribution in [3.05, 3.63) is 47.0 Å². The molecular weight excluding hydrogens is 336 g/mol. The predicted octanol–water partition coefficient (Wildman–Crippen LogP) is 5.25. The SMILES string of the molecule is COC(=O)C[C@@H]1C(C)(C)CCC[C@@]1(C)C1=C(C)[C@H](c2ccccc2)C[C@@H]1O. The molecule has 3 nitrogen and oxygen atoms in total. The van der Waals surface area contributed by atoms with E-state index in [4.69, 9.17) is 4.74 Å². The highest BCUT2D eigenvalue weighted by atomic mass is 16.5. The number of esters is 1. The molecule has 1 saturated carbocycles. The Morgan fingerprint density at radius 2 is 1.85 bits per heavy atom. The highest BCUT2D eigenvalue weighted by Crippen LogP contribution is 2.60.